The molecule has 0 atom stereocenters. The van der Waals surface area contributed by atoms with Crippen LogP contribution in [0.2, 0.25) is 0 Å². The van der Waals surface area contributed by atoms with E-state index in [1.54, 1.807) is 18.3 Å². The molecule has 0 saturated heterocycles. The lowest BCUT2D eigenvalue weighted by atomic mass is 10.1. The number of ether oxygens (including phenoxy) is 1. The van der Waals surface area contributed by atoms with Gasteiger partial charge in [-0.3, -0.25) is 14.3 Å². The SMILES string of the molecule is [C-]#[N+]c1cc2c3ccc(Oc4ccc5c6ccccc6n6cccc6c5n4)cc3n(-c3ccccn3)c2cc1[N+]#[C-]. The molecule has 0 fully saturated rings. The zero-order valence-corrected chi connectivity index (χ0v) is 21.5. The zero-order chi connectivity index (χ0) is 27.5. The highest BCUT2D eigenvalue weighted by Gasteiger charge is 2.18. The smallest absolute Gasteiger partial charge is 0.219 e. The largest absolute Gasteiger partial charge is 0.439 e. The number of nitrogens with zero attached hydrogens (tertiary/aromatic N) is 6. The summed E-state index contributed by atoms with van der Waals surface area (Å²) in [4.78, 5) is 16.7. The van der Waals surface area contributed by atoms with Crippen LogP contribution in [0.15, 0.2) is 109 Å². The molecule has 0 N–H and O–H groups in total. The first kappa shape index (κ1) is 22.8. The average Bonchev–Trinajstić information content (AvgIpc) is 3.64. The molecule has 190 valence electrons. The first-order valence-electron chi connectivity index (χ1n) is 13.0. The van der Waals surface area contributed by atoms with Gasteiger partial charge in [0.15, 0.2) is 11.4 Å². The monoisotopic (exact) mass is 526 g/mol. The first-order chi connectivity index (χ1) is 20.2. The average molecular weight is 527 g/mol. The number of para-hydroxylation sites is 1. The number of aromatic nitrogens is 4. The number of hydrogen-bond donors (Lipinski definition) is 0. The maximum absolute atomic E-state index is 7.60. The van der Waals surface area contributed by atoms with E-state index in [4.69, 9.17) is 22.9 Å². The van der Waals surface area contributed by atoms with Crippen LogP contribution in [0.1, 0.15) is 0 Å². The van der Waals surface area contributed by atoms with E-state index >= 15 is 0 Å². The molecule has 8 aromatic rings. The van der Waals surface area contributed by atoms with Crippen molar-refractivity contribution in [3.05, 3.63) is 132 Å². The van der Waals surface area contributed by atoms with Gasteiger partial charge in [-0.15, -0.1) is 0 Å². The summed E-state index contributed by atoms with van der Waals surface area (Å²) in [5.41, 5.74) is 5.32. The van der Waals surface area contributed by atoms with Gasteiger partial charge < -0.3 is 9.14 Å². The predicted octanol–water partition coefficient (Wildman–Crippen LogP) is 9.03. The molecule has 0 amide bonds. The highest BCUT2D eigenvalue weighted by Crippen LogP contribution is 2.41. The minimum Gasteiger partial charge on any atom is -0.439 e. The van der Waals surface area contributed by atoms with E-state index in [1.807, 2.05) is 65.2 Å². The minimum atomic E-state index is 0.313. The van der Waals surface area contributed by atoms with Crippen LogP contribution < -0.4 is 4.74 Å². The highest BCUT2D eigenvalue weighted by atomic mass is 16.5. The number of benzene rings is 3. The Kier molecular flexibility index (Phi) is 4.82. The Morgan fingerprint density at radius 1 is 0.634 bits per heavy atom. The van der Waals surface area contributed by atoms with Crippen molar-refractivity contribution in [2.75, 3.05) is 0 Å². The Hall–Kier alpha value is -6.18. The van der Waals surface area contributed by atoms with Crippen molar-refractivity contribution >= 4 is 60.5 Å². The summed E-state index contributed by atoms with van der Waals surface area (Å²) >= 11 is 0. The van der Waals surface area contributed by atoms with Crippen molar-refractivity contribution in [3.8, 4) is 17.4 Å². The van der Waals surface area contributed by atoms with Crippen LogP contribution >= 0.6 is 0 Å². The molecule has 0 radical (unpaired) electrons. The van der Waals surface area contributed by atoms with E-state index in [1.165, 1.54) is 0 Å². The Morgan fingerprint density at radius 3 is 2.24 bits per heavy atom. The molecule has 0 spiro atoms. The fourth-order valence-electron chi connectivity index (χ4n) is 5.72. The van der Waals surface area contributed by atoms with Crippen molar-refractivity contribution in [3.63, 3.8) is 0 Å². The lowest BCUT2D eigenvalue weighted by Crippen LogP contribution is -1.97. The van der Waals surface area contributed by atoms with Gasteiger partial charge in [0, 0.05) is 46.2 Å². The van der Waals surface area contributed by atoms with Crippen molar-refractivity contribution < 1.29 is 4.74 Å². The Labute approximate surface area is 233 Å². The summed E-state index contributed by atoms with van der Waals surface area (Å²) in [6.45, 7) is 15.2. The predicted molar refractivity (Wildman–Crippen MR) is 161 cm³/mol. The standard InChI is InChI=1S/C34H18N6O/c1-35-26-19-25-23-13-12-21(18-30(23)40(31(25)20-27(26)36-2)32-11-5-6-16-37-32)41-33-15-14-24-22-8-3-4-9-28(22)39-17-7-10-29(39)34(24)38-33/h3-20H. The summed E-state index contributed by atoms with van der Waals surface area (Å²) in [7, 11) is 0. The molecule has 0 aliphatic heterocycles. The lowest BCUT2D eigenvalue weighted by molar-refractivity contribution is 0.466. The quantitative estimate of drug-likeness (QED) is 0.170. The van der Waals surface area contributed by atoms with Gasteiger partial charge in [0.2, 0.25) is 5.88 Å². The summed E-state index contributed by atoms with van der Waals surface area (Å²) in [5.74, 6) is 1.82. The minimum absolute atomic E-state index is 0.313. The van der Waals surface area contributed by atoms with Crippen LogP contribution in [0.3, 0.4) is 0 Å². The van der Waals surface area contributed by atoms with Crippen molar-refractivity contribution in [1.82, 2.24) is 18.9 Å². The van der Waals surface area contributed by atoms with E-state index in [0.29, 0.717) is 28.8 Å². The Morgan fingerprint density at radius 2 is 1.39 bits per heavy atom. The lowest BCUT2D eigenvalue weighted by Gasteiger charge is -2.11. The molecule has 7 heteroatoms. The van der Waals surface area contributed by atoms with Crippen LogP contribution in [0, 0.1) is 13.1 Å². The Balaban J connectivity index is 1.32. The number of pyridine rings is 3. The number of rotatable bonds is 3. The molecule has 8 rings (SSSR count). The van der Waals surface area contributed by atoms with Gasteiger partial charge in [0.25, 0.3) is 0 Å². The second-order valence-corrected chi connectivity index (χ2v) is 9.71. The van der Waals surface area contributed by atoms with Gasteiger partial charge >= 0.3 is 0 Å². The van der Waals surface area contributed by atoms with Crippen LogP contribution in [0.25, 0.3) is 64.6 Å². The molecule has 0 unspecified atom stereocenters. The highest BCUT2D eigenvalue weighted by molar-refractivity contribution is 6.13. The second kappa shape index (κ2) is 8.67. The van der Waals surface area contributed by atoms with Gasteiger partial charge in [-0.1, -0.05) is 30.3 Å². The van der Waals surface area contributed by atoms with E-state index in [9.17, 15) is 0 Å². The van der Waals surface area contributed by atoms with Crippen LogP contribution in [-0.4, -0.2) is 18.9 Å². The van der Waals surface area contributed by atoms with E-state index in [2.05, 4.69) is 49.5 Å². The molecular weight excluding hydrogens is 508 g/mol. The first-order valence-corrected chi connectivity index (χ1v) is 13.0. The molecule has 0 aliphatic carbocycles. The molecular formula is C34H18N6O. The molecule has 3 aromatic carbocycles. The maximum Gasteiger partial charge on any atom is 0.219 e. The number of fused-ring (bicyclic) bond motifs is 9. The van der Waals surface area contributed by atoms with Gasteiger partial charge in [-0.25, -0.2) is 9.97 Å². The summed E-state index contributed by atoms with van der Waals surface area (Å²) in [6.07, 6.45) is 3.79. The topological polar surface area (TPSA) is 53.1 Å². The van der Waals surface area contributed by atoms with Gasteiger partial charge in [-0.2, -0.15) is 0 Å². The molecule has 7 nitrogen and oxygen atoms in total. The van der Waals surface area contributed by atoms with Gasteiger partial charge in [-0.05, 0) is 60.0 Å². The number of hydrogen-bond acceptors (Lipinski definition) is 3. The van der Waals surface area contributed by atoms with E-state index in [0.717, 1.165) is 49.1 Å². The normalized spacial score (nSPS) is 11.4. The molecule has 0 saturated carbocycles. The molecule has 41 heavy (non-hydrogen) atoms. The second-order valence-electron chi connectivity index (χ2n) is 9.71. The third-order valence-electron chi connectivity index (χ3n) is 7.49. The molecule has 0 bridgehead atoms. The molecule has 5 heterocycles. The zero-order valence-electron chi connectivity index (χ0n) is 21.5. The van der Waals surface area contributed by atoms with Crippen LogP contribution in [-0.2, 0) is 0 Å². The van der Waals surface area contributed by atoms with Crippen LogP contribution in [0.5, 0.6) is 11.6 Å². The summed E-state index contributed by atoms with van der Waals surface area (Å²) in [6, 6.07) is 31.5. The summed E-state index contributed by atoms with van der Waals surface area (Å²) < 4.78 is 10.5. The third-order valence-corrected chi connectivity index (χ3v) is 7.49. The van der Waals surface area contributed by atoms with Crippen molar-refractivity contribution in [2.45, 2.75) is 0 Å². The Bertz CT molecular complexity index is 2420. The summed E-state index contributed by atoms with van der Waals surface area (Å²) in [5, 5.41) is 4.01. The fourth-order valence-corrected chi connectivity index (χ4v) is 5.72. The van der Waals surface area contributed by atoms with Crippen molar-refractivity contribution in [1.29, 1.82) is 0 Å². The van der Waals surface area contributed by atoms with Crippen molar-refractivity contribution in [2.24, 2.45) is 0 Å². The molecule has 0 aliphatic rings. The van der Waals surface area contributed by atoms with E-state index < -0.39 is 0 Å². The van der Waals surface area contributed by atoms with Gasteiger partial charge in [0.05, 0.1) is 35.2 Å². The van der Waals surface area contributed by atoms with E-state index in [-0.39, 0.29) is 0 Å². The van der Waals surface area contributed by atoms with Gasteiger partial charge in [0.1, 0.15) is 11.6 Å². The fraction of sp³-hybridized carbons (Fsp3) is 0. The molecule has 5 aromatic heterocycles. The maximum atomic E-state index is 7.60. The van der Waals surface area contributed by atoms with Crippen LogP contribution in [0.4, 0.5) is 11.4 Å². The third kappa shape index (κ3) is 3.37.